The molecule has 1 aromatic heterocycles. The van der Waals surface area contributed by atoms with Crippen LogP contribution in [0.25, 0.3) is 11.0 Å². The molecule has 31 heavy (non-hydrogen) atoms. The lowest BCUT2D eigenvalue weighted by Crippen LogP contribution is -3.00. The van der Waals surface area contributed by atoms with Crippen LogP contribution in [-0.2, 0) is 20.6 Å². The molecule has 0 bridgehead atoms. The maximum atomic E-state index is 12.1. The fourth-order valence-corrected chi connectivity index (χ4v) is 4.27. The van der Waals surface area contributed by atoms with Gasteiger partial charge in [-0.15, -0.1) is 0 Å². The van der Waals surface area contributed by atoms with E-state index in [0.29, 0.717) is 6.04 Å². The van der Waals surface area contributed by atoms with Crippen molar-refractivity contribution in [3.05, 3.63) is 64.1 Å². The molecule has 4 rings (SSSR count). The Labute approximate surface area is 189 Å². The Kier molecular flexibility index (Phi) is 7.81. The lowest BCUT2D eigenvalue weighted by Gasteiger charge is -2.22. The molecule has 2 aromatic carbocycles. The summed E-state index contributed by atoms with van der Waals surface area (Å²) in [6, 6.07) is 14.3. The van der Waals surface area contributed by atoms with Crippen molar-refractivity contribution in [3.63, 3.8) is 0 Å². The van der Waals surface area contributed by atoms with Crippen molar-refractivity contribution in [2.75, 3.05) is 6.61 Å². The van der Waals surface area contributed by atoms with E-state index < -0.39 is 6.10 Å². The molecule has 1 unspecified atom stereocenters. The van der Waals surface area contributed by atoms with Crippen molar-refractivity contribution < 1.29 is 22.3 Å². The number of aliphatic hydroxyl groups excluding tert-OH is 1. The maximum Gasteiger partial charge on any atom is 0.328 e. The van der Waals surface area contributed by atoms with E-state index in [0.717, 1.165) is 28.9 Å². The largest absolute Gasteiger partial charge is 1.00 e. The summed E-state index contributed by atoms with van der Waals surface area (Å²) in [4.78, 5) is 12.1. The summed E-state index contributed by atoms with van der Waals surface area (Å²) in [6.07, 6.45) is 5.83. The summed E-state index contributed by atoms with van der Waals surface area (Å²) in [7, 11) is 3.49. The number of aliphatic hydroxyl groups is 1. The molecular weight excluding hydrogens is 414 g/mol. The minimum absolute atomic E-state index is 0. The highest BCUT2D eigenvalue weighted by molar-refractivity contribution is 5.76. The van der Waals surface area contributed by atoms with Gasteiger partial charge in [0.25, 0.3) is 0 Å². The van der Waals surface area contributed by atoms with Gasteiger partial charge < -0.3 is 27.6 Å². The smallest absolute Gasteiger partial charge is 0.328 e. The molecule has 1 aliphatic carbocycles. The summed E-state index contributed by atoms with van der Waals surface area (Å²) >= 11 is 0. The van der Waals surface area contributed by atoms with Crippen LogP contribution in [0.3, 0.4) is 0 Å². The van der Waals surface area contributed by atoms with E-state index in [2.05, 4.69) is 17.4 Å². The number of hydrogen-bond donors (Lipinski definition) is 2. The van der Waals surface area contributed by atoms with E-state index in [1.165, 1.54) is 37.7 Å². The molecule has 1 fully saturated rings. The van der Waals surface area contributed by atoms with Crippen molar-refractivity contribution in [2.45, 2.75) is 50.8 Å². The van der Waals surface area contributed by atoms with Crippen LogP contribution < -0.4 is 28.2 Å². The predicted octanol–water partition coefficient (Wildman–Crippen LogP) is 0.416. The van der Waals surface area contributed by atoms with Crippen LogP contribution in [-0.4, -0.2) is 26.9 Å². The minimum Gasteiger partial charge on any atom is -1.00 e. The van der Waals surface area contributed by atoms with Gasteiger partial charge in [0.2, 0.25) is 0 Å². The first kappa shape index (κ1) is 23.4. The van der Waals surface area contributed by atoms with Gasteiger partial charge in [0.15, 0.2) is 0 Å². The Morgan fingerprint density at radius 1 is 1.03 bits per heavy atom. The normalized spacial score (nSPS) is 15.6. The van der Waals surface area contributed by atoms with Gasteiger partial charge in [-0.3, -0.25) is 9.13 Å². The van der Waals surface area contributed by atoms with E-state index in [9.17, 15) is 9.90 Å². The van der Waals surface area contributed by atoms with Gasteiger partial charge in [-0.25, -0.2) is 4.79 Å². The molecule has 0 amide bonds. The summed E-state index contributed by atoms with van der Waals surface area (Å²) in [5.41, 5.74) is 3.54. The van der Waals surface area contributed by atoms with Crippen LogP contribution in [0.4, 0.5) is 0 Å². The summed E-state index contributed by atoms with van der Waals surface area (Å²) in [5.74, 6) is 0.739. The first-order valence-electron chi connectivity index (χ1n) is 10.8. The standard InChI is InChI=1S/C24H31N3O3.ClH/c1-26-21-13-10-18(14-22(21)27(2)24(26)29)23(28)16-30-20-11-8-17(9-12-20)15-25-19-6-4-3-5-7-19;/h8-14,19,23,25,28H,3-7,15-16H2,1-2H3;1H/p-1. The molecule has 0 spiro atoms. The molecule has 1 atom stereocenters. The molecule has 0 radical (unpaired) electrons. The molecular formula is C24H31ClN3O3-. The highest BCUT2D eigenvalue weighted by Gasteiger charge is 2.14. The zero-order valence-corrected chi connectivity index (χ0v) is 18.9. The average Bonchev–Trinajstić information content (AvgIpc) is 3.01. The van der Waals surface area contributed by atoms with Crippen molar-refractivity contribution in [1.29, 1.82) is 0 Å². The first-order valence-corrected chi connectivity index (χ1v) is 10.8. The fourth-order valence-electron chi connectivity index (χ4n) is 4.27. The highest BCUT2D eigenvalue weighted by Crippen LogP contribution is 2.22. The SMILES string of the molecule is Cn1c(=O)n(C)c2cc(C(O)COc3ccc(CNC4CCCCC4)cc3)ccc21.[Cl-]. The van der Waals surface area contributed by atoms with Gasteiger partial charge in [-0.1, -0.05) is 37.5 Å². The molecule has 7 heteroatoms. The Bertz CT molecular complexity index is 1050. The highest BCUT2D eigenvalue weighted by atomic mass is 35.5. The number of fused-ring (bicyclic) bond motifs is 1. The second kappa shape index (κ2) is 10.4. The number of ether oxygens (including phenoxy) is 1. The van der Waals surface area contributed by atoms with Gasteiger partial charge in [-0.05, 0) is 48.2 Å². The van der Waals surface area contributed by atoms with Gasteiger partial charge in [0.1, 0.15) is 18.5 Å². The number of aromatic nitrogens is 2. The van der Waals surface area contributed by atoms with Crippen molar-refractivity contribution in [2.24, 2.45) is 14.1 Å². The lowest BCUT2D eigenvalue weighted by molar-refractivity contribution is -0.00000794. The van der Waals surface area contributed by atoms with Gasteiger partial charge >= 0.3 is 5.69 Å². The van der Waals surface area contributed by atoms with Crippen molar-refractivity contribution >= 4 is 11.0 Å². The minimum atomic E-state index is -0.766. The molecule has 0 aliphatic heterocycles. The second-order valence-electron chi connectivity index (χ2n) is 8.34. The van der Waals surface area contributed by atoms with E-state index in [1.807, 2.05) is 30.3 Å². The van der Waals surface area contributed by atoms with E-state index >= 15 is 0 Å². The molecule has 6 nitrogen and oxygen atoms in total. The molecule has 2 N–H and O–H groups in total. The Hall–Kier alpha value is -2.28. The van der Waals surface area contributed by atoms with Crippen molar-refractivity contribution in [1.82, 2.24) is 14.5 Å². The monoisotopic (exact) mass is 444 g/mol. The first-order chi connectivity index (χ1) is 14.5. The summed E-state index contributed by atoms with van der Waals surface area (Å²) in [5, 5.41) is 14.2. The zero-order chi connectivity index (χ0) is 21.1. The van der Waals surface area contributed by atoms with Gasteiger partial charge in [-0.2, -0.15) is 0 Å². The molecule has 1 heterocycles. The topological polar surface area (TPSA) is 68.4 Å². The van der Waals surface area contributed by atoms with Gasteiger partial charge in [0, 0.05) is 26.7 Å². The number of hydrogen-bond acceptors (Lipinski definition) is 4. The van der Waals surface area contributed by atoms with Crippen LogP contribution in [0.5, 0.6) is 5.75 Å². The van der Waals surface area contributed by atoms with Crippen LogP contribution in [0.2, 0.25) is 0 Å². The average molecular weight is 445 g/mol. The third-order valence-electron chi connectivity index (χ3n) is 6.21. The number of nitrogens with one attached hydrogen (secondary N) is 1. The Balaban J connectivity index is 0.00000272. The van der Waals surface area contributed by atoms with Gasteiger partial charge in [0.05, 0.1) is 11.0 Å². The second-order valence-corrected chi connectivity index (χ2v) is 8.34. The maximum absolute atomic E-state index is 12.1. The summed E-state index contributed by atoms with van der Waals surface area (Å²) in [6.45, 7) is 1.04. The van der Waals surface area contributed by atoms with Crippen LogP contribution >= 0.6 is 0 Å². The van der Waals surface area contributed by atoms with Crippen molar-refractivity contribution in [3.8, 4) is 5.75 Å². The third-order valence-corrected chi connectivity index (χ3v) is 6.21. The third kappa shape index (κ3) is 5.32. The molecule has 1 saturated carbocycles. The predicted molar refractivity (Wildman–Crippen MR) is 119 cm³/mol. The zero-order valence-electron chi connectivity index (χ0n) is 18.2. The lowest BCUT2D eigenvalue weighted by atomic mass is 9.95. The van der Waals surface area contributed by atoms with Crippen LogP contribution in [0.15, 0.2) is 47.3 Å². The van der Waals surface area contributed by atoms with E-state index in [-0.39, 0.29) is 24.7 Å². The molecule has 3 aromatic rings. The van der Waals surface area contributed by atoms with E-state index in [4.69, 9.17) is 4.74 Å². The molecule has 168 valence electrons. The number of aryl methyl sites for hydroxylation is 2. The number of halogens is 1. The number of benzene rings is 2. The molecule has 0 saturated heterocycles. The number of nitrogens with zero attached hydrogens (tertiary/aromatic N) is 2. The van der Waals surface area contributed by atoms with Crippen LogP contribution in [0.1, 0.15) is 49.3 Å². The fraction of sp³-hybridized carbons (Fsp3) is 0.458. The number of imidazole rings is 1. The summed E-state index contributed by atoms with van der Waals surface area (Å²) < 4.78 is 8.99. The van der Waals surface area contributed by atoms with Crippen LogP contribution in [0, 0.1) is 0 Å². The Morgan fingerprint density at radius 3 is 2.42 bits per heavy atom. The Morgan fingerprint density at radius 2 is 1.71 bits per heavy atom. The number of rotatable bonds is 7. The molecule has 1 aliphatic rings. The van der Waals surface area contributed by atoms with E-state index in [1.54, 1.807) is 23.2 Å². The quantitative estimate of drug-likeness (QED) is 0.554.